The van der Waals surface area contributed by atoms with Crippen LogP contribution < -0.4 is 15.4 Å². The summed E-state index contributed by atoms with van der Waals surface area (Å²) in [7, 11) is -2.87. The molecular formula is C23H24FN3O7S. The Morgan fingerprint density at radius 3 is 2.60 bits per heavy atom. The summed E-state index contributed by atoms with van der Waals surface area (Å²) in [5.74, 6) is -1.000. The Labute approximate surface area is 201 Å². The zero-order chi connectivity index (χ0) is 25.4. The normalized spacial score (nSPS) is 11.1. The maximum Gasteiger partial charge on any atom is 0.407 e. The number of nitrogens with one attached hydrogen (secondary N) is 2. The summed E-state index contributed by atoms with van der Waals surface area (Å²) in [6.07, 6.45) is 0.538. The number of carbonyl (C=O) groups is 2. The molecule has 0 aliphatic rings. The molecule has 0 atom stereocenters. The Bertz CT molecular complexity index is 1310. The van der Waals surface area contributed by atoms with Gasteiger partial charge in [0, 0.05) is 37.0 Å². The zero-order valence-electron chi connectivity index (χ0n) is 18.7. The Hall–Kier alpha value is -3.90. The number of carbonyl (C=O) groups excluding carboxylic acids is 2. The van der Waals surface area contributed by atoms with Gasteiger partial charge in [-0.3, -0.25) is 4.79 Å². The first kappa shape index (κ1) is 25.7. The topological polar surface area (TPSA) is 136 Å². The van der Waals surface area contributed by atoms with E-state index in [1.54, 1.807) is 6.07 Å². The maximum absolute atomic E-state index is 14.6. The van der Waals surface area contributed by atoms with Crippen LogP contribution in [0.1, 0.15) is 5.56 Å². The lowest BCUT2D eigenvalue weighted by atomic mass is 10.1. The number of halogens is 1. The highest BCUT2D eigenvalue weighted by molar-refractivity contribution is 7.90. The molecule has 0 unspecified atom stereocenters. The van der Waals surface area contributed by atoms with Crippen LogP contribution in [0.5, 0.6) is 5.75 Å². The van der Waals surface area contributed by atoms with Crippen molar-refractivity contribution in [2.24, 2.45) is 0 Å². The molecular weight excluding hydrogens is 481 g/mol. The molecule has 10 nitrogen and oxygen atoms in total. The number of hydrogen-bond acceptors (Lipinski definition) is 7. The third-order valence-electron chi connectivity index (χ3n) is 4.73. The summed E-state index contributed by atoms with van der Waals surface area (Å²) < 4.78 is 52.9. The van der Waals surface area contributed by atoms with E-state index in [1.807, 2.05) is 0 Å². The highest BCUT2D eigenvalue weighted by Crippen LogP contribution is 2.30. The first-order chi connectivity index (χ1) is 16.8. The molecule has 1 heterocycles. The SMILES string of the molecule is CNC(=O)OCc1cc(-c2ccccc2F)n(S(=O)(=O)c2cccc(OCC(=O)NCCO)c2)c1. The fourth-order valence-corrected chi connectivity index (χ4v) is 4.52. The van der Waals surface area contributed by atoms with Crippen molar-refractivity contribution >= 4 is 22.0 Å². The van der Waals surface area contributed by atoms with Crippen molar-refractivity contribution in [1.82, 2.24) is 14.6 Å². The fourth-order valence-electron chi connectivity index (χ4n) is 3.09. The van der Waals surface area contributed by atoms with Crippen molar-refractivity contribution < 1.29 is 37.0 Å². The van der Waals surface area contributed by atoms with E-state index >= 15 is 0 Å². The van der Waals surface area contributed by atoms with Crippen LogP contribution in [0, 0.1) is 5.82 Å². The number of ether oxygens (including phenoxy) is 2. The van der Waals surface area contributed by atoms with Gasteiger partial charge < -0.3 is 25.2 Å². The fraction of sp³-hybridized carbons (Fsp3) is 0.217. The van der Waals surface area contributed by atoms with Gasteiger partial charge >= 0.3 is 6.09 Å². The molecule has 0 bridgehead atoms. The van der Waals surface area contributed by atoms with Gasteiger partial charge in [0.05, 0.1) is 17.2 Å². The van der Waals surface area contributed by atoms with Crippen LogP contribution >= 0.6 is 0 Å². The van der Waals surface area contributed by atoms with E-state index in [0.29, 0.717) is 5.56 Å². The van der Waals surface area contributed by atoms with Gasteiger partial charge in [0.1, 0.15) is 18.2 Å². The van der Waals surface area contributed by atoms with Gasteiger partial charge in [-0.1, -0.05) is 18.2 Å². The minimum Gasteiger partial charge on any atom is -0.484 e. The Balaban J connectivity index is 1.96. The largest absolute Gasteiger partial charge is 0.484 e. The number of nitrogens with zero attached hydrogens (tertiary/aromatic N) is 1. The van der Waals surface area contributed by atoms with Crippen LogP contribution in [0.15, 0.2) is 65.7 Å². The molecule has 186 valence electrons. The summed E-state index contributed by atoms with van der Waals surface area (Å²) in [4.78, 5) is 23.0. The van der Waals surface area contributed by atoms with E-state index < -0.39 is 27.8 Å². The van der Waals surface area contributed by atoms with E-state index in [9.17, 15) is 22.4 Å². The standard InChI is InChI=1S/C23H24FN3O7S/c1-25-23(30)34-14-16-11-21(19-7-2-3-8-20(19)24)27(13-16)35(31,32)18-6-4-5-17(12-18)33-15-22(29)26-9-10-28/h2-8,11-13,28H,9-10,14-15H2,1H3,(H,25,30)(H,26,29). The van der Waals surface area contributed by atoms with Crippen molar-refractivity contribution in [1.29, 1.82) is 0 Å². The molecule has 0 aliphatic carbocycles. The molecule has 0 aliphatic heterocycles. The number of alkyl carbamates (subject to hydrolysis) is 1. The second kappa shape index (κ2) is 11.5. The summed E-state index contributed by atoms with van der Waals surface area (Å²) in [5.41, 5.74) is 0.395. The van der Waals surface area contributed by atoms with Crippen LogP contribution in [0.2, 0.25) is 0 Å². The minimum absolute atomic E-state index is 0.0355. The van der Waals surface area contributed by atoms with Crippen molar-refractivity contribution in [3.63, 3.8) is 0 Å². The number of benzene rings is 2. The van der Waals surface area contributed by atoms with Crippen LogP contribution in [0.25, 0.3) is 11.3 Å². The number of aliphatic hydroxyl groups excluding tert-OH is 1. The molecule has 0 radical (unpaired) electrons. The lowest BCUT2D eigenvalue weighted by molar-refractivity contribution is -0.123. The highest BCUT2D eigenvalue weighted by atomic mass is 32.2. The molecule has 0 fully saturated rings. The molecule has 1 aromatic heterocycles. The van der Waals surface area contributed by atoms with Gasteiger partial charge in [-0.15, -0.1) is 0 Å². The number of hydrogen-bond donors (Lipinski definition) is 3. The average Bonchev–Trinajstić information content (AvgIpc) is 3.30. The second-order valence-corrected chi connectivity index (χ2v) is 8.99. The first-order valence-electron chi connectivity index (χ1n) is 10.4. The van der Waals surface area contributed by atoms with Gasteiger partial charge in [-0.2, -0.15) is 0 Å². The first-order valence-corrected chi connectivity index (χ1v) is 11.9. The molecule has 0 saturated heterocycles. The third kappa shape index (κ3) is 6.37. The Kier molecular flexibility index (Phi) is 8.44. The zero-order valence-corrected chi connectivity index (χ0v) is 19.5. The number of aromatic nitrogens is 1. The molecule has 2 amide bonds. The summed E-state index contributed by atoms with van der Waals surface area (Å²) in [5, 5.41) is 13.5. The van der Waals surface area contributed by atoms with Crippen molar-refractivity contribution in [2.75, 3.05) is 26.8 Å². The van der Waals surface area contributed by atoms with Crippen LogP contribution in [-0.2, 0) is 26.2 Å². The van der Waals surface area contributed by atoms with E-state index in [4.69, 9.17) is 14.6 Å². The molecule has 3 aromatic rings. The quantitative estimate of drug-likeness (QED) is 0.383. The second-order valence-electron chi connectivity index (χ2n) is 7.18. The van der Waals surface area contributed by atoms with Gasteiger partial charge in [-0.05, 0) is 30.3 Å². The van der Waals surface area contributed by atoms with Gasteiger partial charge in [0.2, 0.25) is 0 Å². The average molecular weight is 506 g/mol. The summed E-state index contributed by atoms with van der Waals surface area (Å²) in [6.45, 7) is -0.782. The highest BCUT2D eigenvalue weighted by Gasteiger charge is 2.24. The Morgan fingerprint density at radius 1 is 1.11 bits per heavy atom. The van der Waals surface area contributed by atoms with Crippen LogP contribution in [0.4, 0.5) is 9.18 Å². The molecule has 0 spiro atoms. The molecule has 3 rings (SSSR count). The van der Waals surface area contributed by atoms with E-state index in [0.717, 1.165) is 3.97 Å². The molecule has 3 N–H and O–H groups in total. The minimum atomic E-state index is -4.25. The van der Waals surface area contributed by atoms with Crippen molar-refractivity contribution in [2.45, 2.75) is 11.5 Å². The predicted molar refractivity (Wildman–Crippen MR) is 124 cm³/mol. The maximum atomic E-state index is 14.6. The van der Waals surface area contributed by atoms with Gasteiger partial charge in [0.25, 0.3) is 15.9 Å². The van der Waals surface area contributed by atoms with Crippen molar-refractivity contribution in [3.8, 4) is 17.0 Å². The number of aliphatic hydroxyl groups is 1. The van der Waals surface area contributed by atoms with E-state index in [2.05, 4.69) is 10.6 Å². The molecule has 12 heteroatoms. The monoisotopic (exact) mass is 505 g/mol. The lowest BCUT2D eigenvalue weighted by Crippen LogP contribution is -2.31. The predicted octanol–water partition coefficient (Wildman–Crippen LogP) is 1.87. The van der Waals surface area contributed by atoms with Gasteiger partial charge in [0.15, 0.2) is 6.61 Å². The smallest absolute Gasteiger partial charge is 0.407 e. The van der Waals surface area contributed by atoms with Gasteiger partial charge in [-0.25, -0.2) is 21.6 Å². The molecule has 2 aromatic carbocycles. The Morgan fingerprint density at radius 2 is 1.89 bits per heavy atom. The number of amides is 2. The summed E-state index contributed by atoms with van der Waals surface area (Å²) in [6, 6.07) is 12.6. The third-order valence-corrected chi connectivity index (χ3v) is 6.40. The lowest BCUT2D eigenvalue weighted by Gasteiger charge is -2.13. The van der Waals surface area contributed by atoms with Crippen LogP contribution in [-0.4, -0.2) is 56.3 Å². The number of rotatable bonds is 10. The van der Waals surface area contributed by atoms with E-state index in [-0.39, 0.29) is 48.3 Å². The molecule has 0 saturated carbocycles. The summed E-state index contributed by atoms with van der Waals surface area (Å²) >= 11 is 0. The van der Waals surface area contributed by atoms with Crippen molar-refractivity contribution in [3.05, 3.63) is 72.2 Å². The van der Waals surface area contributed by atoms with Crippen LogP contribution in [0.3, 0.4) is 0 Å². The van der Waals surface area contributed by atoms with E-state index in [1.165, 1.54) is 61.8 Å². The molecule has 35 heavy (non-hydrogen) atoms.